The van der Waals surface area contributed by atoms with Gasteiger partial charge in [0.2, 0.25) is 5.91 Å². The summed E-state index contributed by atoms with van der Waals surface area (Å²) in [6.07, 6.45) is 0.858. The predicted octanol–water partition coefficient (Wildman–Crippen LogP) is 2.17. The lowest BCUT2D eigenvalue weighted by atomic mass is 10.1. The van der Waals surface area contributed by atoms with E-state index in [1.165, 1.54) is 17.7 Å². The lowest BCUT2D eigenvalue weighted by molar-refractivity contribution is -0.115. The number of anilines is 1. The van der Waals surface area contributed by atoms with Crippen LogP contribution in [0.25, 0.3) is 0 Å². The molecule has 0 aliphatic rings. The van der Waals surface area contributed by atoms with Crippen LogP contribution in [0, 0.1) is 5.82 Å². The summed E-state index contributed by atoms with van der Waals surface area (Å²) < 4.78 is 13.1. The summed E-state index contributed by atoms with van der Waals surface area (Å²) in [5.74, 6) is -0.119. The van der Waals surface area contributed by atoms with Crippen LogP contribution in [0.1, 0.15) is 5.56 Å². The Morgan fingerprint density at radius 1 is 1.08 bits per heavy atom. The molecule has 0 fully saturated rings. The van der Waals surface area contributed by atoms with Gasteiger partial charge in [0.25, 0.3) is 0 Å². The zero-order chi connectivity index (χ0) is 17.2. The number of nitrogens with one attached hydrogen (secondary N) is 3. The van der Waals surface area contributed by atoms with Gasteiger partial charge < -0.3 is 16.0 Å². The van der Waals surface area contributed by atoms with Gasteiger partial charge in [0.15, 0.2) is 5.96 Å². The molecular formula is C18H21FN4O. The normalized spacial score (nSPS) is 11.0. The van der Waals surface area contributed by atoms with E-state index in [-0.39, 0.29) is 18.3 Å². The third-order valence-electron chi connectivity index (χ3n) is 3.30. The van der Waals surface area contributed by atoms with Crippen molar-refractivity contribution < 1.29 is 9.18 Å². The Morgan fingerprint density at radius 2 is 1.88 bits per heavy atom. The number of nitrogens with zero attached hydrogens (tertiary/aromatic N) is 1. The van der Waals surface area contributed by atoms with Crippen molar-refractivity contribution in [1.29, 1.82) is 0 Å². The van der Waals surface area contributed by atoms with Gasteiger partial charge in [0.1, 0.15) is 5.82 Å². The van der Waals surface area contributed by atoms with E-state index in [1.807, 2.05) is 18.2 Å². The fourth-order valence-electron chi connectivity index (χ4n) is 2.13. The zero-order valence-electron chi connectivity index (χ0n) is 13.6. The second-order valence-electron chi connectivity index (χ2n) is 5.15. The molecule has 0 saturated carbocycles. The number of halogens is 1. The van der Waals surface area contributed by atoms with Gasteiger partial charge in [-0.2, -0.15) is 0 Å². The lowest BCUT2D eigenvalue weighted by Crippen LogP contribution is -2.42. The number of hydrogen-bond acceptors (Lipinski definition) is 2. The Hall–Kier alpha value is -2.89. The van der Waals surface area contributed by atoms with Gasteiger partial charge in [-0.05, 0) is 30.2 Å². The van der Waals surface area contributed by atoms with Gasteiger partial charge in [-0.3, -0.25) is 9.79 Å². The molecule has 0 heterocycles. The van der Waals surface area contributed by atoms with Crippen LogP contribution in [0.15, 0.2) is 59.6 Å². The van der Waals surface area contributed by atoms with Crippen molar-refractivity contribution in [2.45, 2.75) is 6.42 Å². The molecule has 6 heteroatoms. The van der Waals surface area contributed by atoms with Crippen molar-refractivity contribution in [3.8, 4) is 0 Å². The van der Waals surface area contributed by atoms with E-state index in [4.69, 9.17) is 0 Å². The SMILES string of the molecule is CN=C(NCCc1ccccc1)NCC(=O)Nc1cccc(F)c1. The number of carbonyl (C=O) groups is 1. The van der Waals surface area contributed by atoms with Crippen LogP contribution in [-0.2, 0) is 11.2 Å². The quantitative estimate of drug-likeness (QED) is 0.562. The third-order valence-corrected chi connectivity index (χ3v) is 3.30. The van der Waals surface area contributed by atoms with E-state index in [2.05, 4.69) is 33.1 Å². The van der Waals surface area contributed by atoms with Crippen LogP contribution in [0.2, 0.25) is 0 Å². The van der Waals surface area contributed by atoms with E-state index in [1.54, 1.807) is 19.2 Å². The number of hydrogen-bond donors (Lipinski definition) is 3. The third kappa shape index (κ3) is 6.08. The van der Waals surface area contributed by atoms with Crippen molar-refractivity contribution in [2.24, 2.45) is 4.99 Å². The molecule has 0 bridgehead atoms. The van der Waals surface area contributed by atoms with Crippen LogP contribution in [0.4, 0.5) is 10.1 Å². The maximum Gasteiger partial charge on any atom is 0.243 e. The molecule has 2 aromatic carbocycles. The topological polar surface area (TPSA) is 65.5 Å². The summed E-state index contributed by atoms with van der Waals surface area (Å²) in [5.41, 5.74) is 1.65. The Labute approximate surface area is 141 Å². The molecule has 0 aliphatic carbocycles. The maximum atomic E-state index is 13.1. The van der Waals surface area contributed by atoms with Crippen molar-refractivity contribution in [3.63, 3.8) is 0 Å². The first-order chi connectivity index (χ1) is 11.7. The number of aliphatic imine (C=N–C) groups is 1. The molecule has 0 aliphatic heterocycles. The van der Waals surface area contributed by atoms with Crippen molar-refractivity contribution in [3.05, 3.63) is 66.0 Å². The summed E-state index contributed by atoms with van der Waals surface area (Å²) in [5, 5.41) is 8.69. The molecule has 5 nitrogen and oxygen atoms in total. The zero-order valence-corrected chi connectivity index (χ0v) is 13.6. The van der Waals surface area contributed by atoms with Gasteiger partial charge >= 0.3 is 0 Å². The molecule has 0 aromatic heterocycles. The summed E-state index contributed by atoms with van der Waals surface area (Å²) in [4.78, 5) is 15.9. The van der Waals surface area contributed by atoms with Crippen LogP contribution in [0.5, 0.6) is 0 Å². The van der Waals surface area contributed by atoms with Crippen LogP contribution in [-0.4, -0.2) is 32.0 Å². The molecule has 0 saturated heterocycles. The van der Waals surface area contributed by atoms with E-state index >= 15 is 0 Å². The average molecular weight is 328 g/mol. The van der Waals surface area contributed by atoms with E-state index in [0.717, 1.165) is 6.42 Å². The first-order valence-electron chi connectivity index (χ1n) is 7.71. The summed E-state index contributed by atoms with van der Waals surface area (Å²) in [6, 6.07) is 15.9. The van der Waals surface area contributed by atoms with E-state index in [9.17, 15) is 9.18 Å². The molecule has 3 N–H and O–H groups in total. The fraction of sp³-hybridized carbons (Fsp3) is 0.222. The second kappa shape index (κ2) is 9.29. The molecule has 0 radical (unpaired) electrons. The van der Waals surface area contributed by atoms with Crippen LogP contribution in [0.3, 0.4) is 0 Å². The highest BCUT2D eigenvalue weighted by Crippen LogP contribution is 2.08. The van der Waals surface area contributed by atoms with Crippen molar-refractivity contribution >= 4 is 17.6 Å². The van der Waals surface area contributed by atoms with Gasteiger partial charge in [0, 0.05) is 19.3 Å². The number of rotatable bonds is 6. The monoisotopic (exact) mass is 328 g/mol. The molecule has 24 heavy (non-hydrogen) atoms. The standard InChI is InChI=1S/C18H21FN4O/c1-20-18(21-11-10-14-6-3-2-4-7-14)22-13-17(24)23-16-9-5-8-15(19)12-16/h2-9,12H,10-11,13H2,1H3,(H,23,24)(H2,20,21,22). The Kier molecular flexibility index (Phi) is 6.76. The van der Waals surface area contributed by atoms with Gasteiger partial charge in [-0.1, -0.05) is 36.4 Å². The highest BCUT2D eigenvalue weighted by molar-refractivity contribution is 5.94. The highest BCUT2D eigenvalue weighted by Gasteiger charge is 2.05. The first-order valence-corrected chi connectivity index (χ1v) is 7.71. The minimum absolute atomic E-state index is 0.0432. The molecule has 126 valence electrons. The fourth-order valence-corrected chi connectivity index (χ4v) is 2.13. The summed E-state index contributed by atoms with van der Waals surface area (Å²) in [7, 11) is 1.64. The molecule has 0 unspecified atom stereocenters. The minimum atomic E-state index is -0.390. The lowest BCUT2D eigenvalue weighted by Gasteiger charge is -2.12. The minimum Gasteiger partial charge on any atom is -0.356 e. The number of carbonyl (C=O) groups excluding carboxylic acids is 1. The van der Waals surface area contributed by atoms with Crippen molar-refractivity contribution in [1.82, 2.24) is 10.6 Å². The molecule has 0 spiro atoms. The van der Waals surface area contributed by atoms with Gasteiger partial charge in [-0.25, -0.2) is 4.39 Å². The number of benzene rings is 2. The number of guanidine groups is 1. The molecule has 0 atom stereocenters. The maximum absolute atomic E-state index is 13.1. The van der Waals surface area contributed by atoms with E-state index < -0.39 is 0 Å². The Bertz CT molecular complexity index is 688. The average Bonchev–Trinajstić information content (AvgIpc) is 2.59. The molecule has 2 rings (SSSR count). The first kappa shape index (κ1) is 17.5. The number of amides is 1. The van der Waals surface area contributed by atoms with E-state index in [0.29, 0.717) is 18.2 Å². The second-order valence-corrected chi connectivity index (χ2v) is 5.15. The Morgan fingerprint density at radius 3 is 2.58 bits per heavy atom. The van der Waals surface area contributed by atoms with Crippen LogP contribution < -0.4 is 16.0 Å². The summed E-state index contributed by atoms with van der Waals surface area (Å²) in [6.45, 7) is 0.747. The Balaban J connectivity index is 1.72. The molecular weight excluding hydrogens is 307 g/mol. The largest absolute Gasteiger partial charge is 0.356 e. The smallest absolute Gasteiger partial charge is 0.243 e. The highest BCUT2D eigenvalue weighted by atomic mass is 19.1. The van der Waals surface area contributed by atoms with Gasteiger partial charge in [-0.15, -0.1) is 0 Å². The molecule has 2 aromatic rings. The van der Waals surface area contributed by atoms with Crippen LogP contribution >= 0.6 is 0 Å². The predicted molar refractivity (Wildman–Crippen MR) is 94.5 cm³/mol. The van der Waals surface area contributed by atoms with Crippen molar-refractivity contribution in [2.75, 3.05) is 25.5 Å². The summed E-state index contributed by atoms with van der Waals surface area (Å²) >= 11 is 0. The van der Waals surface area contributed by atoms with Gasteiger partial charge in [0.05, 0.1) is 6.54 Å². The molecule has 1 amide bonds.